The summed E-state index contributed by atoms with van der Waals surface area (Å²) in [6.45, 7) is 0. The van der Waals surface area contributed by atoms with Gasteiger partial charge in [-0.2, -0.15) is 5.10 Å². The first-order valence-electron chi connectivity index (χ1n) is 6.72. The van der Waals surface area contributed by atoms with Crippen molar-refractivity contribution in [2.24, 2.45) is 10.2 Å². The molecule has 0 unspecified atom stereocenters. The van der Waals surface area contributed by atoms with Gasteiger partial charge in [0.2, 0.25) is 0 Å². The first-order valence-corrected chi connectivity index (χ1v) is 8.41. The lowest BCUT2D eigenvalue weighted by atomic mass is 10.2. The maximum atomic E-state index is 11.9. The Morgan fingerprint density at radius 2 is 2.00 bits per heavy atom. The molecule has 0 atom stereocenters. The number of carbonyl (C=O) groups is 1. The van der Waals surface area contributed by atoms with Crippen LogP contribution in [0.2, 0.25) is 0 Å². The number of nitrogens with one attached hydrogen (secondary N) is 1. The average Bonchev–Trinajstić information content (AvgIpc) is 3.19. The van der Waals surface area contributed by atoms with E-state index < -0.39 is 4.92 Å². The lowest BCUT2D eigenvalue weighted by molar-refractivity contribution is -0.384. The summed E-state index contributed by atoms with van der Waals surface area (Å²) in [6.07, 6.45) is 3.26. The molecule has 1 aliphatic rings. The van der Waals surface area contributed by atoms with Gasteiger partial charge in [-0.05, 0) is 47.0 Å². The summed E-state index contributed by atoms with van der Waals surface area (Å²) in [4.78, 5) is 23.5. The predicted octanol–water partition coefficient (Wildman–Crippen LogP) is 3.25. The van der Waals surface area contributed by atoms with Crippen molar-refractivity contribution in [3.63, 3.8) is 0 Å². The minimum absolute atomic E-state index is 0.00541. The number of nitro groups is 1. The van der Waals surface area contributed by atoms with Gasteiger partial charge >= 0.3 is 0 Å². The Balaban J connectivity index is 1.71. The number of thioether (sulfide) groups is 1. The van der Waals surface area contributed by atoms with Gasteiger partial charge < -0.3 is 0 Å². The Kier molecular flexibility index (Phi) is 4.82. The third-order valence-electron chi connectivity index (χ3n) is 2.93. The molecular formula is C15H10N4O3S2. The fraction of sp³-hybridized carbons (Fsp3) is 0. The Morgan fingerprint density at radius 1 is 1.21 bits per heavy atom. The van der Waals surface area contributed by atoms with E-state index in [1.807, 2.05) is 17.5 Å². The Morgan fingerprint density at radius 3 is 2.67 bits per heavy atom. The SMILES string of the molecule is O=C1N/C(=N\N=C\c2cccs2)S/C1=C/c1ccc([N+](=O)[O-])cc1. The van der Waals surface area contributed by atoms with Crippen molar-refractivity contribution in [2.45, 2.75) is 0 Å². The van der Waals surface area contributed by atoms with E-state index in [1.54, 1.807) is 24.4 Å². The number of amidine groups is 1. The van der Waals surface area contributed by atoms with Gasteiger partial charge in [0.25, 0.3) is 11.6 Å². The van der Waals surface area contributed by atoms with Crippen LogP contribution in [0.25, 0.3) is 6.08 Å². The highest BCUT2D eigenvalue weighted by Gasteiger charge is 2.23. The third-order valence-corrected chi connectivity index (χ3v) is 4.64. The van der Waals surface area contributed by atoms with Crippen LogP contribution in [0, 0.1) is 10.1 Å². The molecule has 1 fully saturated rings. The molecule has 7 nitrogen and oxygen atoms in total. The van der Waals surface area contributed by atoms with Crippen LogP contribution in [0.3, 0.4) is 0 Å². The summed E-state index contributed by atoms with van der Waals surface area (Å²) in [7, 11) is 0. The van der Waals surface area contributed by atoms with Crippen molar-refractivity contribution in [2.75, 3.05) is 0 Å². The molecule has 0 aliphatic carbocycles. The minimum Gasteiger partial charge on any atom is -0.299 e. The van der Waals surface area contributed by atoms with Crippen molar-refractivity contribution in [1.82, 2.24) is 5.32 Å². The standard InChI is InChI=1S/C15H10N4O3S2/c20-14-13(8-10-3-5-11(6-4-10)19(21)22)24-15(17-14)18-16-9-12-2-1-7-23-12/h1-9H,(H,17,18,20)/b13-8+,16-9+. The van der Waals surface area contributed by atoms with Crippen LogP contribution in [-0.2, 0) is 4.79 Å². The molecule has 2 heterocycles. The lowest BCUT2D eigenvalue weighted by Crippen LogP contribution is -2.19. The third kappa shape index (κ3) is 3.94. The van der Waals surface area contributed by atoms with Crippen molar-refractivity contribution >= 4 is 52.2 Å². The van der Waals surface area contributed by atoms with Crippen LogP contribution in [0.15, 0.2) is 56.9 Å². The molecule has 2 aromatic rings. The maximum absolute atomic E-state index is 11.9. The Labute approximate surface area is 145 Å². The zero-order valence-electron chi connectivity index (χ0n) is 12.1. The van der Waals surface area contributed by atoms with E-state index >= 15 is 0 Å². The highest BCUT2D eigenvalue weighted by Crippen LogP contribution is 2.26. The summed E-state index contributed by atoms with van der Waals surface area (Å²) in [5.41, 5.74) is 0.701. The normalized spacial score (nSPS) is 17.8. The first kappa shape index (κ1) is 16.1. The summed E-state index contributed by atoms with van der Waals surface area (Å²) in [5.74, 6) is -0.275. The zero-order chi connectivity index (χ0) is 16.9. The second-order valence-corrected chi connectivity index (χ2v) is 6.59. The molecule has 0 radical (unpaired) electrons. The van der Waals surface area contributed by atoms with Crippen LogP contribution in [0.5, 0.6) is 0 Å². The zero-order valence-corrected chi connectivity index (χ0v) is 13.7. The first-order chi connectivity index (χ1) is 11.6. The van der Waals surface area contributed by atoms with Gasteiger partial charge in [-0.3, -0.25) is 20.2 Å². The molecule has 24 heavy (non-hydrogen) atoms. The summed E-state index contributed by atoms with van der Waals surface area (Å²) in [5, 5.41) is 23.5. The van der Waals surface area contributed by atoms with E-state index in [1.165, 1.54) is 35.2 Å². The average molecular weight is 358 g/mol. The number of nitrogens with zero attached hydrogens (tertiary/aromatic N) is 3. The molecular weight excluding hydrogens is 348 g/mol. The minimum atomic E-state index is -0.468. The van der Waals surface area contributed by atoms with Gasteiger partial charge in [-0.15, -0.1) is 16.4 Å². The topological polar surface area (TPSA) is 97.0 Å². The molecule has 3 rings (SSSR count). The number of benzene rings is 1. The number of non-ortho nitro benzene ring substituents is 1. The van der Waals surface area contributed by atoms with Gasteiger partial charge in [0.15, 0.2) is 5.17 Å². The molecule has 1 saturated heterocycles. The van der Waals surface area contributed by atoms with Gasteiger partial charge in [0, 0.05) is 17.0 Å². The van der Waals surface area contributed by atoms with Crippen molar-refractivity contribution < 1.29 is 9.72 Å². The van der Waals surface area contributed by atoms with E-state index in [2.05, 4.69) is 15.5 Å². The van der Waals surface area contributed by atoms with Gasteiger partial charge in [-0.25, -0.2) is 0 Å². The lowest BCUT2D eigenvalue weighted by Gasteiger charge is -1.95. The summed E-state index contributed by atoms with van der Waals surface area (Å²) >= 11 is 2.71. The quantitative estimate of drug-likeness (QED) is 0.393. The molecule has 1 aromatic heterocycles. The number of carbonyl (C=O) groups excluding carboxylic acids is 1. The molecule has 9 heteroatoms. The van der Waals surface area contributed by atoms with Gasteiger partial charge in [0.1, 0.15) is 0 Å². The summed E-state index contributed by atoms with van der Waals surface area (Å²) < 4.78 is 0. The molecule has 0 saturated carbocycles. The van der Waals surface area contributed by atoms with Crippen molar-refractivity contribution in [3.05, 3.63) is 67.2 Å². The highest BCUT2D eigenvalue weighted by atomic mass is 32.2. The smallest absolute Gasteiger partial charge is 0.269 e. The molecule has 1 N–H and O–H groups in total. The van der Waals surface area contributed by atoms with E-state index in [4.69, 9.17) is 0 Å². The van der Waals surface area contributed by atoms with E-state index in [0.717, 1.165) is 4.88 Å². The monoisotopic (exact) mass is 358 g/mol. The Hall–Kier alpha value is -2.78. The number of rotatable bonds is 4. The molecule has 1 amide bonds. The number of hydrogen-bond donors (Lipinski definition) is 1. The van der Waals surface area contributed by atoms with E-state index in [0.29, 0.717) is 15.6 Å². The molecule has 120 valence electrons. The van der Waals surface area contributed by atoms with Crippen molar-refractivity contribution in [3.8, 4) is 0 Å². The maximum Gasteiger partial charge on any atom is 0.269 e. The van der Waals surface area contributed by atoms with Crippen LogP contribution < -0.4 is 5.32 Å². The van der Waals surface area contributed by atoms with E-state index in [9.17, 15) is 14.9 Å². The van der Waals surface area contributed by atoms with Gasteiger partial charge in [-0.1, -0.05) is 6.07 Å². The van der Waals surface area contributed by atoms with Gasteiger partial charge in [0.05, 0.1) is 16.0 Å². The molecule has 1 aromatic carbocycles. The fourth-order valence-corrected chi connectivity index (χ4v) is 3.18. The number of hydrogen-bond acceptors (Lipinski definition) is 7. The van der Waals surface area contributed by atoms with Crippen molar-refractivity contribution in [1.29, 1.82) is 0 Å². The van der Waals surface area contributed by atoms with E-state index in [-0.39, 0.29) is 11.6 Å². The largest absolute Gasteiger partial charge is 0.299 e. The van der Waals surface area contributed by atoms with Crippen LogP contribution in [-0.4, -0.2) is 22.2 Å². The predicted molar refractivity (Wildman–Crippen MR) is 96.2 cm³/mol. The van der Waals surface area contributed by atoms with Crippen LogP contribution >= 0.6 is 23.1 Å². The van der Waals surface area contributed by atoms with Crippen LogP contribution in [0.1, 0.15) is 10.4 Å². The summed E-state index contributed by atoms with van der Waals surface area (Å²) in [6, 6.07) is 9.78. The number of thiophene rings is 1. The van der Waals surface area contributed by atoms with Crippen LogP contribution in [0.4, 0.5) is 5.69 Å². The number of amides is 1. The molecule has 0 spiro atoms. The molecule has 0 bridgehead atoms. The second kappa shape index (κ2) is 7.20. The second-order valence-electron chi connectivity index (χ2n) is 4.58. The fourth-order valence-electron chi connectivity index (χ4n) is 1.82. The molecule has 1 aliphatic heterocycles. The number of nitro benzene ring substituents is 1. The Bertz CT molecular complexity index is 855. The highest BCUT2D eigenvalue weighted by molar-refractivity contribution is 8.18.